The molecule has 0 fully saturated rings. The van der Waals surface area contributed by atoms with Crippen molar-refractivity contribution in [3.8, 4) is 11.8 Å². The average molecular weight is 241 g/mol. The first-order chi connectivity index (χ1) is 8.70. The van der Waals surface area contributed by atoms with E-state index in [1.807, 2.05) is 0 Å². The lowest BCUT2D eigenvalue weighted by Crippen LogP contribution is -2.21. The van der Waals surface area contributed by atoms with Crippen LogP contribution in [0.25, 0.3) is 21.3 Å². The maximum Gasteiger partial charge on any atom is 0.326 e. The second-order valence-electron chi connectivity index (χ2n) is 3.36. The topological polar surface area (TPSA) is 114 Å². The molecule has 7 heteroatoms. The number of benzene rings is 1. The van der Waals surface area contributed by atoms with Crippen molar-refractivity contribution in [2.24, 2.45) is 5.11 Å². The molecular formula is C11H7N5O2. The van der Waals surface area contributed by atoms with Gasteiger partial charge in [-0.2, -0.15) is 0 Å². The molecule has 0 aliphatic carbocycles. The van der Waals surface area contributed by atoms with Gasteiger partial charge in [-0.05, 0) is 23.7 Å². The van der Waals surface area contributed by atoms with Crippen LogP contribution in [-0.4, -0.2) is 16.5 Å². The normalized spacial score (nSPS) is 9.33. The van der Waals surface area contributed by atoms with Gasteiger partial charge in [0.1, 0.15) is 0 Å². The Morgan fingerprint density at radius 1 is 1.33 bits per heavy atom. The molecule has 7 nitrogen and oxygen atoms in total. The molecule has 0 saturated heterocycles. The van der Waals surface area contributed by atoms with Gasteiger partial charge in [0.25, 0.3) is 5.56 Å². The Kier molecular flexibility index (Phi) is 3.14. The molecule has 0 aliphatic heterocycles. The summed E-state index contributed by atoms with van der Waals surface area (Å²) in [5, 5.41) is 3.62. The number of nitrogens with zero attached hydrogens (tertiary/aromatic N) is 3. The van der Waals surface area contributed by atoms with Crippen molar-refractivity contribution >= 4 is 10.9 Å². The predicted molar refractivity (Wildman–Crippen MR) is 66.1 cm³/mol. The summed E-state index contributed by atoms with van der Waals surface area (Å²) in [6.45, 7) is 0.0660. The summed E-state index contributed by atoms with van der Waals surface area (Å²) < 4.78 is 0. The van der Waals surface area contributed by atoms with Crippen LogP contribution in [0.3, 0.4) is 0 Å². The van der Waals surface area contributed by atoms with Crippen LogP contribution in [-0.2, 0) is 0 Å². The molecule has 2 N–H and O–H groups in total. The number of fused-ring (bicyclic) bond motifs is 1. The number of nitrogens with one attached hydrogen (secondary N) is 2. The van der Waals surface area contributed by atoms with Gasteiger partial charge in [-0.25, -0.2) is 4.79 Å². The van der Waals surface area contributed by atoms with Crippen molar-refractivity contribution in [1.29, 1.82) is 0 Å². The zero-order valence-corrected chi connectivity index (χ0v) is 9.10. The zero-order valence-electron chi connectivity index (χ0n) is 9.10. The van der Waals surface area contributed by atoms with Gasteiger partial charge in [-0.1, -0.05) is 17.0 Å². The van der Waals surface area contributed by atoms with E-state index in [0.717, 1.165) is 0 Å². The van der Waals surface area contributed by atoms with E-state index in [1.54, 1.807) is 18.2 Å². The number of aromatic nitrogens is 2. The highest BCUT2D eigenvalue weighted by atomic mass is 16.2. The van der Waals surface area contributed by atoms with E-state index in [1.165, 1.54) is 0 Å². The highest BCUT2D eigenvalue weighted by molar-refractivity contribution is 5.78. The fraction of sp³-hybridized carbons (Fsp3) is 0.0909. The highest BCUT2D eigenvalue weighted by Crippen LogP contribution is 2.07. The van der Waals surface area contributed by atoms with Crippen molar-refractivity contribution in [3.63, 3.8) is 0 Å². The second kappa shape index (κ2) is 4.91. The molecule has 1 aromatic carbocycles. The predicted octanol–water partition coefficient (Wildman–Crippen LogP) is 0.878. The van der Waals surface area contributed by atoms with Gasteiger partial charge in [0.05, 0.1) is 17.4 Å². The Hall–Kier alpha value is -2.97. The van der Waals surface area contributed by atoms with Crippen LogP contribution in [0.1, 0.15) is 5.56 Å². The van der Waals surface area contributed by atoms with Gasteiger partial charge in [0.2, 0.25) is 0 Å². The molecule has 1 heterocycles. The fourth-order valence-corrected chi connectivity index (χ4v) is 1.45. The minimum atomic E-state index is -0.547. The molecule has 0 aliphatic rings. The zero-order chi connectivity index (χ0) is 13.0. The largest absolute Gasteiger partial charge is 0.326 e. The van der Waals surface area contributed by atoms with Crippen molar-refractivity contribution in [3.05, 3.63) is 55.0 Å². The molecule has 0 atom stereocenters. The summed E-state index contributed by atoms with van der Waals surface area (Å²) in [6.07, 6.45) is 0. The maximum atomic E-state index is 11.5. The van der Waals surface area contributed by atoms with Gasteiger partial charge in [0, 0.05) is 10.5 Å². The third-order valence-corrected chi connectivity index (χ3v) is 2.19. The number of H-pyrrole nitrogens is 2. The molecule has 0 unspecified atom stereocenters. The van der Waals surface area contributed by atoms with Crippen LogP contribution < -0.4 is 11.2 Å². The van der Waals surface area contributed by atoms with E-state index in [2.05, 4.69) is 31.8 Å². The molecule has 1 aromatic heterocycles. The van der Waals surface area contributed by atoms with Crippen LogP contribution in [0.5, 0.6) is 0 Å². The average Bonchev–Trinajstić information content (AvgIpc) is 2.35. The lowest BCUT2D eigenvalue weighted by Gasteiger charge is -1.96. The number of hydrogen-bond donors (Lipinski definition) is 2. The third-order valence-electron chi connectivity index (χ3n) is 2.19. The molecule has 0 spiro atoms. The molecule has 2 aromatic rings. The van der Waals surface area contributed by atoms with Gasteiger partial charge >= 0.3 is 5.69 Å². The fourth-order valence-electron chi connectivity index (χ4n) is 1.45. The highest BCUT2D eigenvalue weighted by Gasteiger charge is 2.00. The summed E-state index contributed by atoms with van der Waals surface area (Å²) in [5.41, 5.74) is 8.12. The molecule has 88 valence electrons. The summed E-state index contributed by atoms with van der Waals surface area (Å²) in [4.78, 5) is 29.8. The standard InChI is InChI=1S/C11H7N5O2/c12-16-13-5-1-2-7-3-4-9-8(6-7)10(17)15-11(18)14-9/h3-4,6H,5H2,(H2,14,15,17,18). The quantitative estimate of drug-likeness (QED) is 0.334. The van der Waals surface area contributed by atoms with Crippen molar-refractivity contribution in [2.75, 3.05) is 6.54 Å². The van der Waals surface area contributed by atoms with Crippen LogP contribution in [0.15, 0.2) is 32.9 Å². The Labute approximate surface area is 100 Å². The summed E-state index contributed by atoms with van der Waals surface area (Å²) in [5.74, 6) is 5.40. The SMILES string of the molecule is [N-]=[N+]=NCC#Cc1ccc2[nH]c(=O)[nH]c(=O)c2c1. The molecule has 0 radical (unpaired) electrons. The Morgan fingerprint density at radius 2 is 2.17 bits per heavy atom. The second-order valence-corrected chi connectivity index (χ2v) is 3.36. The summed E-state index contributed by atoms with van der Waals surface area (Å²) in [6, 6.07) is 4.83. The first kappa shape index (κ1) is 11.5. The van der Waals surface area contributed by atoms with Crippen molar-refractivity contribution in [1.82, 2.24) is 9.97 Å². The first-order valence-electron chi connectivity index (χ1n) is 4.97. The van der Waals surface area contributed by atoms with Gasteiger partial charge in [-0.15, -0.1) is 0 Å². The Balaban J connectivity index is 2.50. The van der Waals surface area contributed by atoms with Gasteiger partial charge in [-0.3, -0.25) is 9.78 Å². The Bertz CT molecular complexity index is 815. The number of azide groups is 1. The lowest BCUT2D eigenvalue weighted by atomic mass is 10.1. The first-order valence-corrected chi connectivity index (χ1v) is 4.97. The molecule has 0 saturated carbocycles. The minimum Gasteiger partial charge on any atom is -0.307 e. The van der Waals surface area contributed by atoms with E-state index < -0.39 is 11.2 Å². The van der Waals surface area contributed by atoms with Crippen molar-refractivity contribution in [2.45, 2.75) is 0 Å². The van der Waals surface area contributed by atoms with Crippen LogP contribution in [0, 0.1) is 11.8 Å². The maximum absolute atomic E-state index is 11.5. The van der Waals surface area contributed by atoms with Gasteiger partial charge in [0.15, 0.2) is 0 Å². The monoisotopic (exact) mass is 241 g/mol. The van der Waals surface area contributed by atoms with E-state index in [4.69, 9.17) is 5.53 Å². The van der Waals surface area contributed by atoms with Crippen LogP contribution >= 0.6 is 0 Å². The number of rotatable bonds is 1. The summed E-state index contributed by atoms with van der Waals surface area (Å²) >= 11 is 0. The van der Waals surface area contributed by atoms with E-state index in [0.29, 0.717) is 16.5 Å². The van der Waals surface area contributed by atoms with E-state index >= 15 is 0 Å². The summed E-state index contributed by atoms with van der Waals surface area (Å²) in [7, 11) is 0. The molecular weight excluding hydrogens is 234 g/mol. The number of hydrogen-bond acceptors (Lipinski definition) is 3. The third kappa shape index (κ3) is 2.40. The molecule has 0 bridgehead atoms. The number of aromatic amines is 2. The smallest absolute Gasteiger partial charge is 0.307 e. The van der Waals surface area contributed by atoms with Crippen LogP contribution in [0.4, 0.5) is 0 Å². The molecule has 0 amide bonds. The van der Waals surface area contributed by atoms with Gasteiger partial charge < -0.3 is 4.98 Å². The van der Waals surface area contributed by atoms with Crippen molar-refractivity contribution < 1.29 is 0 Å². The van der Waals surface area contributed by atoms with E-state index in [-0.39, 0.29) is 6.54 Å². The molecule has 18 heavy (non-hydrogen) atoms. The van der Waals surface area contributed by atoms with Crippen LogP contribution in [0.2, 0.25) is 0 Å². The lowest BCUT2D eigenvalue weighted by molar-refractivity contribution is 1.08. The molecule has 2 rings (SSSR count). The Morgan fingerprint density at radius 3 is 2.94 bits per heavy atom. The van der Waals surface area contributed by atoms with E-state index in [9.17, 15) is 9.59 Å². The minimum absolute atomic E-state index is 0.0660.